The summed E-state index contributed by atoms with van der Waals surface area (Å²) in [6, 6.07) is 11.3. The van der Waals surface area contributed by atoms with Gasteiger partial charge in [-0.1, -0.05) is 12.1 Å². The first-order chi connectivity index (χ1) is 10.2. The fourth-order valence-electron chi connectivity index (χ4n) is 2.99. The monoisotopic (exact) mass is 285 g/mol. The zero-order chi connectivity index (χ0) is 14.8. The smallest absolute Gasteiger partial charge is 0.125 e. The van der Waals surface area contributed by atoms with Crippen LogP contribution in [0, 0.1) is 12.7 Å². The molecule has 0 saturated heterocycles. The molecule has 1 N–H and O–H groups in total. The van der Waals surface area contributed by atoms with E-state index in [9.17, 15) is 4.39 Å². The average molecular weight is 285 g/mol. The van der Waals surface area contributed by atoms with E-state index in [1.807, 2.05) is 19.1 Å². The quantitative estimate of drug-likeness (QED) is 0.887. The van der Waals surface area contributed by atoms with Gasteiger partial charge in [-0.15, -0.1) is 0 Å². The molecule has 0 spiro atoms. The van der Waals surface area contributed by atoms with Crippen LogP contribution in [0.4, 0.5) is 10.1 Å². The normalized spacial score (nSPS) is 17.2. The Balaban J connectivity index is 1.92. The van der Waals surface area contributed by atoms with Gasteiger partial charge in [0.15, 0.2) is 0 Å². The number of hydrogen-bond donors (Lipinski definition) is 1. The van der Waals surface area contributed by atoms with Crippen molar-refractivity contribution in [3.05, 3.63) is 58.9 Å². The molecule has 2 aromatic rings. The highest BCUT2D eigenvalue weighted by Crippen LogP contribution is 2.35. The van der Waals surface area contributed by atoms with Gasteiger partial charge in [0, 0.05) is 5.69 Å². The van der Waals surface area contributed by atoms with Gasteiger partial charge in [0.2, 0.25) is 0 Å². The van der Waals surface area contributed by atoms with Crippen LogP contribution in [0.25, 0.3) is 0 Å². The molecule has 21 heavy (non-hydrogen) atoms. The number of aryl methyl sites for hydroxylation is 2. The van der Waals surface area contributed by atoms with E-state index in [2.05, 4.69) is 17.4 Å². The third-order valence-corrected chi connectivity index (χ3v) is 4.20. The van der Waals surface area contributed by atoms with Crippen molar-refractivity contribution in [2.24, 2.45) is 0 Å². The summed E-state index contributed by atoms with van der Waals surface area (Å²) in [5, 5.41) is 3.50. The molecular weight excluding hydrogens is 265 g/mol. The molecular formula is C18H20FNO. The Bertz CT molecular complexity index is 654. The number of fused-ring (bicyclic) bond motifs is 1. The molecule has 3 heteroatoms. The Morgan fingerprint density at radius 1 is 1.19 bits per heavy atom. The summed E-state index contributed by atoms with van der Waals surface area (Å²) in [7, 11) is 1.68. The van der Waals surface area contributed by atoms with Crippen LogP contribution in [0.2, 0.25) is 0 Å². The van der Waals surface area contributed by atoms with Crippen LogP contribution < -0.4 is 10.1 Å². The Morgan fingerprint density at radius 3 is 2.86 bits per heavy atom. The van der Waals surface area contributed by atoms with Gasteiger partial charge in [0.1, 0.15) is 11.6 Å². The first-order valence-electron chi connectivity index (χ1n) is 7.37. The van der Waals surface area contributed by atoms with Gasteiger partial charge in [0.25, 0.3) is 0 Å². The summed E-state index contributed by atoms with van der Waals surface area (Å²) in [6.45, 7) is 2.00. The highest BCUT2D eigenvalue weighted by molar-refractivity contribution is 5.53. The predicted molar refractivity (Wildman–Crippen MR) is 83.4 cm³/mol. The van der Waals surface area contributed by atoms with Crippen LogP contribution >= 0.6 is 0 Å². The summed E-state index contributed by atoms with van der Waals surface area (Å²) in [5.74, 6) is 0.670. The summed E-state index contributed by atoms with van der Waals surface area (Å²) in [5.41, 5.74) is 4.56. The van der Waals surface area contributed by atoms with E-state index in [1.54, 1.807) is 13.2 Å². The molecule has 2 aromatic carbocycles. The first-order valence-corrected chi connectivity index (χ1v) is 7.37. The van der Waals surface area contributed by atoms with Gasteiger partial charge < -0.3 is 10.1 Å². The van der Waals surface area contributed by atoms with Crippen LogP contribution in [0.15, 0.2) is 36.4 Å². The van der Waals surface area contributed by atoms with Crippen LogP contribution in [0.5, 0.6) is 5.75 Å². The van der Waals surface area contributed by atoms with Crippen molar-refractivity contribution in [3.63, 3.8) is 0 Å². The number of rotatable bonds is 3. The lowest BCUT2D eigenvalue weighted by atomic mass is 9.87. The van der Waals surface area contributed by atoms with Crippen molar-refractivity contribution in [1.29, 1.82) is 0 Å². The van der Waals surface area contributed by atoms with Gasteiger partial charge in [-0.05, 0) is 67.1 Å². The Kier molecular flexibility index (Phi) is 3.82. The van der Waals surface area contributed by atoms with E-state index < -0.39 is 0 Å². The van der Waals surface area contributed by atoms with Crippen LogP contribution in [-0.4, -0.2) is 7.11 Å². The maximum Gasteiger partial charge on any atom is 0.125 e. The maximum atomic E-state index is 13.5. The fraction of sp³-hybridized carbons (Fsp3) is 0.333. The lowest BCUT2D eigenvalue weighted by Crippen LogP contribution is -2.18. The number of halogens is 1. The molecule has 0 bridgehead atoms. The van der Waals surface area contributed by atoms with Gasteiger partial charge in [0.05, 0.1) is 13.2 Å². The lowest BCUT2D eigenvalue weighted by molar-refractivity contribution is 0.413. The SMILES string of the molecule is COc1ccc2c(c1)C(Nc1cc(F)ccc1C)CCC2. The second kappa shape index (κ2) is 5.76. The summed E-state index contributed by atoms with van der Waals surface area (Å²) in [6.07, 6.45) is 3.29. The van der Waals surface area contributed by atoms with Crippen LogP contribution in [-0.2, 0) is 6.42 Å². The van der Waals surface area contributed by atoms with E-state index in [0.717, 1.165) is 36.3 Å². The van der Waals surface area contributed by atoms with Crippen molar-refractivity contribution in [3.8, 4) is 5.75 Å². The molecule has 1 atom stereocenters. The standard InChI is InChI=1S/C18H20FNO/c1-12-6-8-14(19)10-18(12)20-17-5-3-4-13-7-9-15(21-2)11-16(13)17/h6-11,17,20H,3-5H2,1-2H3. The van der Waals surface area contributed by atoms with Crippen molar-refractivity contribution in [1.82, 2.24) is 0 Å². The largest absolute Gasteiger partial charge is 0.497 e. The molecule has 0 radical (unpaired) electrons. The van der Waals surface area contributed by atoms with Gasteiger partial charge in [-0.2, -0.15) is 0 Å². The molecule has 0 aliphatic heterocycles. The zero-order valence-corrected chi connectivity index (χ0v) is 12.4. The Hall–Kier alpha value is -2.03. The number of nitrogens with one attached hydrogen (secondary N) is 1. The Morgan fingerprint density at radius 2 is 2.05 bits per heavy atom. The van der Waals surface area contributed by atoms with Crippen LogP contribution in [0.1, 0.15) is 35.6 Å². The maximum absolute atomic E-state index is 13.5. The number of ether oxygens (including phenoxy) is 1. The lowest BCUT2D eigenvalue weighted by Gasteiger charge is -2.28. The molecule has 110 valence electrons. The molecule has 1 aliphatic rings. The van der Waals surface area contributed by atoms with Crippen LogP contribution in [0.3, 0.4) is 0 Å². The zero-order valence-electron chi connectivity index (χ0n) is 12.4. The van der Waals surface area contributed by atoms with Crippen molar-refractivity contribution in [2.75, 3.05) is 12.4 Å². The Labute approximate surface area is 125 Å². The second-order valence-electron chi connectivity index (χ2n) is 5.61. The number of anilines is 1. The number of hydrogen-bond acceptors (Lipinski definition) is 2. The molecule has 0 aromatic heterocycles. The first kappa shape index (κ1) is 13.9. The molecule has 2 nitrogen and oxygen atoms in total. The van der Waals surface area contributed by atoms with Gasteiger partial charge in [-0.25, -0.2) is 4.39 Å². The molecule has 0 amide bonds. The molecule has 0 heterocycles. The second-order valence-corrected chi connectivity index (χ2v) is 5.61. The highest BCUT2D eigenvalue weighted by Gasteiger charge is 2.21. The van der Waals surface area contributed by atoms with Crippen molar-refractivity contribution in [2.45, 2.75) is 32.2 Å². The minimum absolute atomic E-state index is 0.204. The topological polar surface area (TPSA) is 21.3 Å². The summed E-state index contributed by atoms with van der Waals surface area (Å²) >= 11 is 0. The third-order valence-electron chi connectivity index (χ3n) is 4.20. The summed E-state index contributed by atoms with van der Waals surface area (Å²) in [4.78, 5) is 0. The molecule has 3 rings (SSSR count). The predicted octanol–water partition coefficient (Wildman–Crippen LogP) is 4.63. The van der Waals surface area contributed by atoms with E-state index in [1.165, 1.54) is 17.2 Å². The third kappa shape index (κ3) is 2.87. The van der Waals surface area contributed by atoms with Crippen molar-refractivity contribution < 1.29 is 9.13 Å². The van der Waals surface area contributed by atoms with E-state index in [0.29, 0.717) is 0 Å². The molecule has 1 aliphatic carbocycles. The van der Waals surface area contributed by atoms with E-state index in [-0.39, 0.29) is 11.9 Å². The minimum Gasteiger partial charge on any atom is -0.497 e. The summed E-state index contributed by atoms with van der Waals surface area (Å²) < 4.78 is 18.8. The minimum atomic E-state index is -0.204. The molecule has 0 fully saturated rings. The van der Waals surface area contributed by atoms with Crippen molar-refractivity contribution >= 4 is 5.69 Å². The molecule has 0 saturated carbocycles. The number of benzene rings is 2. The molecule has 1 unspecified atom stereocenters. The van der Waals surface area contributed by atoms with E-state index in [4.69, 9.17) is 4.74 Å². The van der Waals surface area contributed by atoms with Gasteiger partial charge >= 0.3 is 0 Å². The highest BCUT2D eigenvalue weighted by atomic mass is 19.1. The fourth-order valence-corrected chi connectivity index (χ4v) is 2.99. The van der Waals surface area contributed by atoms with Gasteiger partial charge in [-0.3, -0.25) is 0 Å². The average Bonchev–Trinajstić information content (AvgIpc) is 2.51. The number of methoxy groups -OCH3 is 1. The van der Waals surface area contributed by atoms with E-state index >= 15 is 0 Å².